The van der Waals surface area contributed by atoms with E-state index in [0.29, 0.717) is 6.10 Å². The largest absolute Gasteiger partial charge is 0.380 e. The number of halogens is 1. The van der Waals surface area contributed by atoms with Gasteiger partial charge >= 0.3 is 0 Å². The molecule has 0 aliphatic carbocycles. The first-order valence-electron chi connectivity index (χ1n) is 5.31. The second kappa shape index (κ2) is 5.65. The van der Waals surface area contributed by atoms with Crippen LogP contribution >= 0.6 is 22.6 Å². The highest BCUT2D eigenvalue weighted by atomic mass is 127. The molecule has 4 heteroatoms. The number of hydrogen-bond donors (Lipinski definition) is 1. The molecular weight excluding hydrogens is 303 g/mol. The summed E-state index contributed by atoms with van der Waals surface area (Å²) in [6, 6.07) is 2.00. The second-order valence-electron chi connectivity index (χ2n) is 3.73. The van der Waals surface area contributed by atoms with E-state index in [1.54, 1.807) is 0 Å². The summed E-state index contributed by atoms with van der Waals surface area (Å²) in [7, 11) is 0. The van der Waals surface area contributed by atoms with Gasteiger partial charge in [0, 0.05) is 22.9 Å². The van der Waals surface area contributed by atoms with Gasteiger partial charge in [-0.15, -0.1) is 0 Å². The molecule has 3 nitrogen and oxygen atoms in total. The minimum Gasteiger partial charge on any atom is -0.380 e. The Morgan fingerprint density at radius 1 is 1.53 bits per heavy atom. The van der Waals surface area contributed by atoms with Crippen molar-refractivity contribution in [1.82, 2.24) is 4.98 Å². The number of anilines is 1. The van der Waals surface area contributed by atoms with Crippen molar-refractivity contribution in [2.45, 2.75) is 25.4 Å². The predicted molar refractivity (Wildman–Crippen MR) is 69.0 cm³/mol. The molecule has 1 fully saturated rings. The minimum absolute atomic E-state index is 0.370. The number of aromatic nitrogens is 1. The Morgan fingerprint density at radius 2 is 2.47 bits per heavy atom. The molecule has 15 heavy (non-hydrogen) atoms. The maximum atomic E-state index is 5.65. The molecule has 0 radical (unpaired) electrons. The van der Waals surface area contributed by atoms with E-state index >= 15 is 0 Å². The minimum atomic E-state index is 0.370. The van der Waals surface area contributed by atoms with Crippen molar-refractivity contribution in [3.8, 4) is 0 Å². The molecule has 1 aromatic heterocycles. The van der Waals surface area contributed by atoms with Crippen molar-refractivity contribution in [2.75, 3.05) is 18.5 Å². The van der Waals surface area contributed by atoms with Crippen LogP contribution in [0.3, 0.4) is 0 Å². The molecule has 82 valence electrons. The van der Waals surface area contributed by atoms with E-state index in [9.17, 15) is 0 Å². The van der Waals surface area contributed by atoms with E-state index < -0.39 is 0 Å². The van der Waals surface area contributed by atoms with Crippen LogP contribution in [0.25, 0.3) is 0 Å². The zero-order valence-corrected chi connectivity index (χ0v) is 10.7. The molecule has 0 amide bonds. The first-order chi connectivity index (χ1) is 7.36. The van der Waals surface area contributed by atoms with E-state index in [-0.39, 0.29) is 0 Å². The van der Waals surface area contributed by atoms with Crippen LogP contribution < -0.4 is 5.32 Å². The van der Waals surface area contributed by atoms with Crippen LogP contribution in [0, 0.1) is 3.57 Å². The van der Waals surface area contributed by atoms with Gasteiger partial charge in [-0.25, -0.2) is 0 Å². The Kier molecular flexibility index (Phi) is 4.19. The third-order valence-electron chi connectivity index (χ3n) is 2.56. The summed E-state index contributed by atoms with van der Waals surface area (Å²) in [5, 5.41) is 3.39. The number of nitrogens with one attached hydrogen (secondary N) is 1. The van der Waals surface area contributed by atoms with Gasteiger partial charge in [0.15, 0.2) is 0 Å². The van der Waals surface area contributed by atoms with Crippen molar-refractivity contribution in [3.63, 3.8) is 0 Å². The SMILES string of the molecule is Ic1ccncc1NCC1CCCCO1. The van der Waals surface area contributed by atoms with Crippen LogP contribution in [-0.4, -0.2) is 24.2 Å². The van der Waals surface area contributed by atoms with Gasteiger partial charge in [0.05, 0.1) is 18.0 Å². The summed E-state index contributed by atoms with van der Waals surface area (Å²) in [5.74, 6) is 0. The van der Waals surface area contributed by atoms with Gasteiger partial charge in [-0.05, 0) is 47.9 Å². The molecule has 2 rings (SSSR count). The fourth-order valence-electron chi connectivity index (χ4n) is 1.70. The number of hydrogen-bond acceptors (Lipinski definition) is 3. The fraction of sp³-hybridized carbons (Fsp3) is 0.545. The Labute approximate surface area is 104 Å². The summed E-state index contributed by atoms with van der Waals surface area (Å²) < 4.78 is 6.86. The van der Waals surface area contributed by atoms with Gasteiger partial charge in [-0.2, -0.15) is 0 Å². The number of nitrogens with zero attached hydrogens (tertiary/aromatic N) is 1. The standard InChI is InChI=1S/C11H15IN2O/c12-10-4-5-13-8-11(10)14-7-9-3-1-2-6-15-9/h4-5,8-9,14H,1-3,6-7H2. The maximum Gasteiger partial charge on any atom is 0.0747 e. The lowest BCUT2D eigenvalue weighted by molar-refractivity contribution is 0.0247. The first-order valence-corrected chi connectivity index (χ1v) is 6.39. The van der Waals surface area contributed by atoms with Crippen LogP contribution in [0.4, 0.5) is 5.69 Å². The number of rotatable bonds is 3. The highest BCUT2D eigenvalue weighted by molar-refractivity contribution is 14.1. The first kappa shape index (κ1) is 11.1. The molecule has 1 N–H and O–H groups in total. The summed E-state index contributed by atoms with van der Waals surface area (Å²) in [4.78, 5) is 4.10. The van der Waals surface area contributed by atoms with Crippen molar-refractivity contribution in [3.05, 3.63) is 22.0 Å². The van der Waals surface area contributed by atoms with E-state index in [1.165, 1.54) is 22.8 Å². The molecule has 2 heterocycles. The lowest BCUT2D eigenvalue weighted by atomic mass is 10.1. The summed E-state index contributed by atoms with van der Waals surface area (Å²) in [6.45, 7) is 1.80. The third-order valence-corrected chi connectivity index (χ3v) is 3.50. The molecule has 1 atom stereocenters. The van der Waals surface area contributed by atoms with Crippen molar-refractivity contribution in [2.24, 2.45) is 0 Å². The van der Waals surface area contributed by atoms with Crippen LogP contribution in [0.15, 0.2) is 18.5 Å². The molecule has 1 aliphatic rings. The zero-order chi connectivity index (χ0) is 10.5. The quantitative estimate of drug-likeness (QED) is 0.870. The van der Waals surface area contributed by atoms with E-state index in [1.807, 2.05) is 18.5 Å². The molecule has 1 unspecified atom stereocenters. The van der Waals surface area contributed by atoms with E-state index in [0.717, 1.165) is 18.8 Å². The highest BCUT2D eigenvalue weighted by Crippen LogP contribution is 2.17. The topological polar surface area (TPSA) is 34.2 Å². The molecule has 1 aromatic rings. The van der Waals surface area contributed by atoms with E-state index in [4.69, 9.17) is 4.74 Å². The number of pyridine rings is 1. The average Bonchev–Trinajstić information content (AvgIpc) is 2.29. The molecule has 1 aliphatic heterocycles. The normalized spacial score (nSPS) is 21.3. The van der Waals surface area contributed by atoms with Gasteiger partial charge in [0.1, 0.15) is 0 Å². The lowest BCUT2D eigenvalue weighted by Gasteiger charge is -2.23. The van der Waals surface area contributed by atoms with Crippen molar-refractivity contribution < 1.29 is 4.74 Å². The lowest BCUT2D eigenvalue weighted by Crippen LogP contribution is -2.27. The molecular formula is C11H15IN2O. The zero-order valence-electron chi connectivity index (χ0n) is 8.58. The Hall–Kier alpha value is -0.360. The maximum absolute atomic E-state index is 5.65. The van der Waals surface area contributed by atoms with Crippen molar-refractivity contribution in [1.29, 1.82) is 0 Å². The van der Waals surface area contributed by atoms with Crippen LogP contribution in [0.1, 0.15) is 19.3 Å². The molecule has 0 bridgehead atoms. The third kappa shape index (κ3) is 3.31. The Morgan fingerprint density at radius 3 is 3.20 bits per heavy atom. The smallest absolute Gasteiger partial charge is 0.0747 e. The van der Waals surface area contributed by atoms with Crippen LogP contribution in [-0.2, 0) is 4.74 Å². The average molecular weight is 318 g/mol. The van der Waals surface area contributed by atoms with Gasteiger partial charge in [-0.1, -0.05) is 0 Å². The molecule has 0 aromatic carbocycles. The van der Waals surface area contributed by atoms with Gasteiger partial charge in [0.25, 0.3) is 0 Å². The fourth-order valence-corrected chi connectivity index (χ4v) is 2.19. The van der Waals surface area contributed by atoms with Crippen molar-refractivity contribution >= 4 is 28.3 Å². The monoisotopic (exact) mass is 318 g/mol. The number of ether oxygens (including phenoxy) is 1. The molecule has 0 saturated carbocycles. The molecule has 0 spiro atoms. The Balaban J connectivity index is 1.84. The van der Waals surface area contributed by atoms with E-state index in [2.05, 4.69) is 32.9 Å². The summed E-state index contributed by atoms with van der Waals surface area (Å²) in [5.41, 5.74) is 1.10. The van der Waals surface area contributed by atoms with Gasteiger partial charge in [-0.3, -0.25) is 4.98 Å². The Bertz CT molecular complexity index is 313. The molecule has 1 saturated heterocycles. The summed E-state index contributed by atoms with van der Waals surface area (Å²) >= 11 is 2.31. The predicted octanol–water partition coefficient (Wildman–Crippen LogP) is 2.67. The second-order valence-corrected chi connectivity index (χ2v) is 4.89. The van der Waals surface area contributed by atoms with Gasteiger partial charge < -0.3 is 10.1 Å². The van der Waals surface area contributed by atoms with Gasteiger partial charge in [0.2, 0.25) is 0 Å². The highest BCUT2D eigenvalue weighted by Gasteiger charge is 2.13. The van der Waals surface area contributed by atoms with Crippen LogP contribution in [0.5, 0.6) is 0 Å². The summed E-state index contributed by atoms with van der Waals surface area (Å²) in [6.07, 6.45) is 7.71. The van der Waals surface area contributed by atoms with Crippen LogP contribution in [0.2, 0.25) is 0 Å².